The fourth-order valence-corrected chi connectivity index (χ4v) is 6.08. The van der Waals surface area contributed by atoms with Gasteiger partial charge in [0.1, 0.15) is 12.1 Å². The molecular formula is C30H29F2N7O3. The highest BCUT2D eigenvalue weighted by Crippen LogP contribution is 2.34. The summed E-state index contributed by atoms with van der Waals surface area (Å²) in [4.78, 5) is 41.4. The number of fused-ring (bicyclic) bond motifs is 1. The van der Waals surface area contributed by atoms with Crippen LogP contribution in [-0.2, 0) is 34.0 Å². The third kappa shape index (κ3) is 5.22. The summed E-state index contributed by atoms with van der Waals surface area (Å²) in [5.41, 5.74) is 6.10. The zero-order valence-electron chi connectivity index (χ0n) is 23.0. The molecule has 0 aliphatic carbocycles. The number of hydrogen-bond acceptors (Lipinski definition) is 6. The van der Waals surface area contributed by atoms with Gasteiger partial charge in [0, 0.05) is 37.4 Å². The highest BCUT2D eigenvalue weighted by molar-refractivity contribution is 5.94. The number of amides is 3. The smallest absolute Gasteiger partial charge is 0.268 e. The maximum absolute atomic E-state index is 13.8. The summed E-state index contributed by atoms with van der Waals surface area (Å²) in [5.74, 6) is -5.31. The van der Waals surface area contributed by atoms with E-state index in [0.717, 1.165) is 38.4 Å². The molecule has 2 aromatic carbocycles. The van der Waals surface area contributed by atoms with Gasteiger partial charge in [-0.1, -0.05) is 53.2 Å². The van der Waals surface area contributed by atoms with Gasteiger partial charge in [-0.05, 0) is 30.0 Å². The van der Waals surface area contributed by atoms with Crippen LogP contribution in [0.1, 0.15) is 41.5 Å². The molecule has 12 heteroatoms. The van der Waals surface area contributed by atoms with Crippen LogP contribution in [0.15, 0.2) is 48.7 Å². The third-order valence-electron chi connectivity index (χ3n) is 8.35. The van der Waals surface area contributed by atoms with Crippen molar-refractivity contribution >= 4 is 17.7 Å². The van der Waals surface area contributed by atoms with Gasteiger partial charge in [-0.3, -0.25) is 14.4 Å². The maximum Gasteiger partial charge on any atom is 0.268 e. The zero-order chi connectivity index (χ0) is 29.6. The van der Waals surface area contributed by atoms with Gasteiger partial charge in [0.2, 0.25) is 17.7 Å². The molecule has 10 nitrogen and oxygen atoms in total. The summed E-state index contributed by atoms with van der Waals surface area (Å²) in [7, 11) is 0. The van der Waals surface area contributed by atoms with Crippen LogP contribution in [0.5, 0.6) is 0 Å². The molecular weight excluding hydrogens is 544 g/mol. The Bertz CT molecular complexity index is 1600. The highest BCUT2D eigenvalue weighted by Gasteiger charge is 2.50. The Morgan fingerprint density at radius 2 is 1.95 bits per heavy atom. The molecule has 2 saturated heterocycles. The summed E-state index contributed by atoms with van der Waals surface area (Å²) in [6, 6.07) is 13.5. The van der Waals surface area contributed by atoms with Gasteiger partial charge in [-0.25, -0.2) is 13.5 Å². The summed E-state index contributed by atoms with van der Waals surface area (Å²) in [6.45, 7) is 2.42. The summed E-state index contributed by atoms with van der Waals surface area (Å²) < 4.78 is 29.5. The molecule has 3 aromatic rings. The monoisotopic (exact) mass is 573 g/mol. The molecule has 4 heterocycles. The average molecular weight is 574 g/mol. The van der Waals surface area contributed by atoms with Crippen molar-refractivity contribution in [3.8, 4) is 17.3 Å². The Labute approximate surface area is 240 Å². The Hall–Kier alpha value is -4.66. The fourth-order valence-electron chi connectivity index (χ4n) is 6.08. The number of likely N-dealkylation sites (tertiary alicyclic amines) is 1. The van der Waals surface area contributed by atoms with Crippen molar-refractivity contribution in [2.75, 3.05) is 6.54 Å². The average Bonchev–Trinajstić information content (AvgIpc) is 3.74. The molecule has 3 aliphatic rings. The van der Waals surface area contributed by atoms with Gasteiger partial charge in [-0.15, -0.1) is 5.10 Å². The number of nitrogens with one attached hydrogen (secondary N) is 1. The maximum atomic E-state index is 13.8. The van der Waals surface area contributed by atoms with Crippen LogP contribution in [0.4, 0.5) is 8.78 Å². The molecule has 1 N–H and O–H groups in total. The number of halogens is 2. The van der Waals surface area contributed by atoms with Crippen molar-refractivity contribution in [3.05, 3.63) is 70.9 Å². The first kappa shape index (κ1) is 27.5. The van der Waals surface area contributed by atoms with Crippen LogP contribution in [0.2, 0.25) is 0 Å². The van der Waals surface area contributed by atoms with Gasteiger partial charge < -0.3 is 15.1 Å². The number of alkyl halides is 2. The van der Waals surface area contributed by atoms with Crippen LogP contribution >= 0.6 is 0 Å². The minimum Gasteiger partial charge on any atom is -0.344 e. The highest BCUT2D eigenvalue weighted by atomic mass is 19.3. The minimum atomic E-state index is -3.15. The van der Waals surface area contributed by atoms with Crippen LogP contribution in [0.3, 0.4) is 0 Å². The number of benzene rings is 2. The van der Waals surface area contributed by atoms with E-state index in [1.165, 1.54) is 0 Å². The molecule has 3 aliphatic heterocycles. The number of carbonyl (C=O) groups excluding carboxylic acids is 3. The molecule has 0 spiro atoms. The van der Waals surface area contributed by atoms with Crippen molar-refractivity contribution in [1.82, 2.24) is 30.1 Å². The molecule has 42 heavy (non-hydrogen) atoms. The molecule has 0 unspecified atom stereocenters. The van der Waals surface area contributed by atoms with Crippen molar-refractivity contribution in [3.63, 3.8) is 0 Å². The predicted octanol–water partition coefficient (Wildman–Crippen LogP) is 2.80. The number of rotatable bonds is 6. The molecule has 0 saturated carbocycles. The lowest BCUT2D eigenvalue weighted by Crippen LogP contribution is -2.46. The lowest BCUT2D eigenvalue weighted by Gasteiger charge is -2.22. The first-order valence-corrected chi connectivity index (χ1v) is 13.8. The molecule has 6 rings (SSSR count). The second-order valence-corrected chi connectivity index (χ2v) is 11.3. The van der Waals surface area contributed by atoms with E-state index in [0.29, 0.717) is 19.6 Å². The van der Waals surface area contributed by atoms with E-state index in [2.05, 4.69) is 15.6 Å². The number of nitriles is 1. The van der Waals surface area contributed by atoms with Crippen molar-refractivity contribution in [2.24, 2.45) is 5.92 Å². The largest absolute Gasteiger partial charge is 0.344 e. The minimum absolute atomic E-state index is 0.0176. The molecule has 0 radical (unpaired) electrons. The number of aromatic nitrogens is 3. The molecule has 1 aromatic heterocycles. The fraction of sp³-hybridized carbons (Fsp3) is 0.400. The first-order valence-electron chi connectivity index (χ1n) is 13.8. The summed E-state index contributed by atoms with van der Waals surface area (Å²) in [5, 5.41) is 20.2. The normalized spacial score (nSPS) is 22.6. The van der Waals surface area contributed by atoms with Gasteiger partial charge in [-0.2, -0.15) is 5.26 Å². The van der Waals surface area contributed by atoms with E-state index in [4.69, 9.17) is 0 Å². The summed E-state index contributed by atoms with van der Waals surface area (Å²) in [6.07, 6.45) is 0.921. The van der Waals surface area contributed by atoms with E-state index in [1.54, 1.807) is 17.2 Å². The standard InChI is InChI=1S/C30H29F2N7O3/c1-18-5-7-19(8-6-18)26-13-34-36-39(26)15-21-4-2-3-20-14-37(16-24(20)21)27(40)10-22-9-25(35-28(22)41)29(42)38-17-30(31,32)11-23(38)12-33/h2-8,13,22-23,25H,9-11,14-17H2,1H3,(H,35,41)/t22-,23-,25-/m0/s1. The molecule has 0 bridgehead atoms. The van der Waals surface area contributed by atoms with E-state index in [-0.39, 0.29) is 18.7 Å². The Kier molecular flexibility index (Phi) is 6.96. The molecule has 216 valence electrons. The second-order valence-electron chi connectivity index (χ2n) is 11.3. The summed E-state index contributed by atoms with van der Waals surface area (Å²) >= 11 is 0. The van der Waals surface area contributed by atoms with Crippen LogP contribution in [0, 0.1) is 24.2 Å². The first-order chi connectivity index (χ1) is 20.1. The topological polar surface area (TPSA) is 124 Å². The van der Waals surface area contributed by atoms with E-state index in [9.17, 15) is 28.4 Å². The van der Waals surface area contributed by atoms with E-state index in [1.807, 2.05) is 54.1 Å². The SMILES string of the molecule is Cc1ccc(-c2cnnn2Cc2cccc3c2CN(C(=O)C[C@@H]2C[C@@H](C(=O)N4CC(F)(F)C[C@H]4C#N)NC2=O)C3)cc1. The van der Waals surface area contributed by atoms with E-state index >= 15 is 0 Å². The van der Waals surface area contributed by atoms with Gasteiger partial charge >= 0.3 is 0 Å². The Morgan fingerprint density at radius 3 is 2.71 bits per heavy atom. The van der Waals surface area contributed by atoms with Gasteiger partial charge in [0.05, 0.1) is 31.0 Å². The quantitative estimate of drug-likeness (QED) is 0.484. The van der Waals surface area contributed by atoms with Crippen molar-refractivity contribution in [1.29, 1.82) is 5.26 Å². The van der Waals surface area contributed by atoms with Gasteiger partial charge in [0.25, 0.3) is 5.92 Å². The molecule has 2 fully saturated rings. The van der Waals surface area contributed by atoms with Gasteiger partial charge in [0.15, 0.2) is 0 Å². The number of carbonyl (C=O) groups is 3. The lowest BCUT2D eigenvalue weighted by molar-refractivity contribution is -0.135. The van der Waals surface area contributed by atoms with Crippen LogP contribution in [0.25, 0.3) is 11.3 Å². The van der Waals surface area contributed by atoms with Crippen LogP contribution in [-0.4, -0.2) is 67.1 Å². The number of hydrogen-bond donors (Lipinski definition) is 1. The molecule has 3 atom stereocenters. The van der Waals surface area contributed by atoms with Crippen molar-refractivity contribution < 1.29 is 23.2 Å². The number of aryl methyl sites for hydroxylation is 1. The molecule has 3 amide bonds. The van der Waals surface area contributed by atoms with Crippen molar-refractivity contribution in [2.45, 2.75) is 63.8 Å². The lowest BCUT2D eigenvalue weighted by atomic mass is 9.99. The third-order valence-corrected chi connectivity index (χ3v) is 8.35. The zero-order valence-corrected chi connectivity index (χ0v) is 23.0. The van der Waals surface area contributed by atoms with Crippen LogP contribution < -0.4 is 5.32 Å². The van der Waals surface area contributed by atoms with E-state index < -0.39 is 48.7 Å². The predicted molar refractivity (Wildman–Crippen MR) is 145 cm³/mol. The second kappa shape index (κ2) is 10.6. The Balaban J connectivity index is 1.10. The number of nitrogens with zero attached hydrogens (tertiary/aromatic N) is 6. The Morgan fingerprint density at radius 1 is 1.17 bits per heavy atom.